The van der Waals surface area contributed by atoms with Gasteiger partial charge in [-0.25, -0.2) is 0 Å². The predicted octanol–water partition coefficient (Wildman–Crippen LogP) is 0.853. The molecule has 0 aromatic carbocycles. The van der Waals surface area contributed by atoms with Crippen LogP contribution in [0.3, 0.4) is 0 Å². The number of hydrogen-bond acceptors (Lipinski definition) is 2. The Labute approximate surface area is 85.8 Å². The van der Waals surface area contributed by atoms with E-state index < -0.39 is 0 Å². The van der Waals surface area contributed by atoms with Crippen LogP contribution in [0.5, 0.6) is 0 Å². The molecule has 2 aliphatic carbocycles. The highest BCUT2D eigenvalue weighted by atomic mass is 16.2. The van der Waals surface area contributed by atoms with Gasteiger partial charge in [0.25, 0.3) is 0 Å². The van der Waals surface area contributed by atoms with Gasteiger partial charge in [-0.3, -0.25) is 4.79 Å². The van der Waals surface area contributed by atoms with Crippen LogP contribution < -0.4 is 5.32 Å². The highest BCUT2D eigenvalue weighted by molar-refractivity contribution is 5.78. The van der Waals surface area contributed by atoms with E-state index in [1.54, 1.807) is 0 Å². The van der Waals surface area contributed by atoms with E-state index >= 15 is 0 Å². The molecule has 0 aromatic rings. The Bertz CT molecular complexity index is 227. The summed E-state index contributed by atoms with van der Waals surface area (Å²) in [5, 5.41) is 3.16. The normalized spacial score (nSPS) is 35.2. The molecular weight excluding hydrogens is 176 g/mol. The van der Waals surface area contributed by atoms with Crippen LogP contribution in [0.4, 0.5) is 0 Å². The maximum absolute atomic E-state index is 11.5. The van der Waals surface area contributed by atoms with Gasteiger partial charge in [-0.15, -0.1) is 0 Å². The maximum Gasteiger partial charge on any atom is 0.234 e. The molecule has 0 unspecified atom stereocenters. The van der Waals surface area contributed by atoms with Crippen molar-refractivity contribution in [1.29, 1.82) is 0 Å². The molecule has 0 spiro atoms. The second-order valence-electron chi connectivity index (χ2n) is 5.09. The standard InChI is InChI=1S/C11H20N2O/c1-13(2)7-11(14)12-10-6-8-3-4-9(10)5-8/h8-10H,3-7H2,1-2H3,(H,12,14)/t8-,9-,10+/m0/s1. The first-order chi connectivity index (χ1) is 6.65. The molecule has 0 saturated heterocycles. The molecule has 2 aliphatic rings. The lowest BCUT2D eigenvalue weighted by Crippen LogP contribution is -2.42. The summed E-state index contributed by atoms with van der Waals surface area (Å²) in [5.74, 6) is 1.88. The fraction of sp³-hybridized carbons (Fsp3) is 0.909. The Kier molecular flexibility index (Phi) is 2.77. The van der Waals surface area contributed by atoms with Crippen molar-refractivity contribution in [1.82, 2.24) is 10.2 Å². The summed E-state index contributed by atoms with van der Waals surface area (Å²) in [5.41, 5.74) is 0. The lowest BCUT2D eigenvalue weighted by atomic mass is 9.95. The number of amides is 1. The predicted molar refractivity (Wildman–Crippen MR) is 55.9 cm³/mol. The first-order valence-electron chi connectivity index (χ1n) is 5.59. The summed E-state index contributed by atoms with van der Waals surface area (Å²) in [7, 11) is 3.86. The largest absolute Gasteiger partial charge is 0.352 e. The van der Waals surface area contributed by atoms with Crippen LogP contribution in [0.2, 0.25) is 0 Å². The van der Waals surface area contributed by atoms with E-state index in [2.05, 4.69) is 5.32 Å². The van der Waals surface area contributed by atoms with Gasteiger partial charge in [0, 0.05) is 6.04 Å². The lowest BCUT2D eigenvalue weighted by Gasteiger charge is -2.23. The Hall–Kier alpha value is -0.570. The lowest BCUT2D eigenvalue weighted by molar-refractivity contribution is -0.122. The van der Waals surface area contributed by atoms with E-state index in [-0.39, 0.29) is 5.91 Å². The average Bonchev–Trinajstić information content (AvgIpc) is 2.62. The van der Waals surface area contributed by atoms with Crippen molar-refractivity contribution in [3.63, 3.8) is 0 Å². The van der Waals surface area contributed by atoms with Gasteiger partial charge in [-0.2, -0.15) is 0 Å². The third kappa shape index (κ3) is 2.08. The summed E-state index contributed by atoms with van der Waals surface area (Å²) >= 11 is 0. The van der Waals surface area contributed by atoms with Crippen molar-refractivity contribution in [2.45, 2.75) is 31.7 Å². The number of fused-ring (bicyclic) bond motifs is 2. The van der Waals surface area contributed by atoms with E-state index in [9.17, 15) is 4.79 Å². The molecule has 0 heterocycles. The highest BCUT2D eigenvalue weighted by Gasteiger charge is 2.39. The topological polar surface area (TPSA) is 32.3 Å². The van der Waals surface area contributed by atoms with Crippen molar-refractivity contribution in [2.75, 3.05) is 20.6 Å². The minimum absolute atomic E-state index is 0.188. The molecule has 2 saturated carbocycles. The fourth-order valence-electron chi connectivity index (χ4n) is 2.96. The minimum atomic E-state index is 0.188. The van der Waals surface area contributed by atoms with Gasteiger partial charge >= 0.3 is 0 Å². The Morgan fingerprint density at radius 2 is 2.14 bits per heavy atom. The monoisotopic (exact) mass is 196 g/mol. The van der Waals surface area contributed by atoms with Crippen LogP contribution in [-0.2, 0) is 4.79 Å². The van der Waals surface area contributed by atoms with E-state index in [0.717, 1.165) is 11.8 Å². The first-order valence-corrected chi connectivity index (χ1v) is 5.59. The maximum atomic E-state index is 11.5. The Balaban J connectivity index is 1.78. The molecular formula is C11H20N2O. The number of nitrogens with one attached hydrogen (secondary N) is 1. The van der Waals surface area contributed by atoms with Crippen LogP contribution >= 0.6 is 0 Å². The van der Waals surface area contributed by atoms with Crippen LogP contribution in [0, 0.1) is 11.8 Å². The number of rotatable bonds is 3. The molecule has 1 N–H and O–H groups in total. The van der Waals surface area contributed by atoms with Crippen molar-refractivity contribution >= 4 is 5.91 Å². The van der Waals surface area contributed by atoms with Gasteiger partial charge in [-0.05, 0) is 45.2 Å². The summed E-state index contributed by atoms with van der Waals surface area (Å²) < 4.78 is 0. The summed E-state index contributed by atoms with van der Waals surface area (Å²) in [4.78, 5) is 13.5. The SMILES string of the molecule is CN(C)CC(=O)N[C@@H]1C[C@H]2CC[C@H]1C2. The fourth-order valence-corrected chi connectivity index (χ4v) is 2.96. The summed E-state index contributed by atoms with van der Waals surface area (Å²) in [6, 6.07) is 0.487. The summed E-state index contributed by atoms with van der Waals surface area (Å²) in [6.07, 6.45) is 5.30. The number of carbonyl (C=O) groups excluding carboxylic acids is 1. The van der Waals surface area contributed by atoms with Gasteiger partial charge < -0.3 is 10.2 Å². The van der Waals surface area contributed by atoms with Crippen molar-refractivity contribution in [2.24, 2.45) is 11.8 Å². The molecule has 0 aliphatic heterocycles. The van der Waals surface area contributed by atoms with E-state index in [1.807, 2.05) is 19.0 Å². The van der Waals surface area contributed by atoms with Crippen LogP contribution in [0.1, 0.15) is 25.7 Å². The quantitative estimate of drug-likeness (QED) is 0.726. The second kappa shape index (κ2) is 3.89. The van der Waals surface area contributed by atoms with E-state index in [0.29, 0.717) is 12.6 Å². The molecule has 0 radical (unpaired) electrons. The van der Waals surface area contributed by atoms with Crippen LogP contribution in [0.25, 0.3) is 0 Å². The van der Waals surface area contributed by atoms with Gasteiger partial charge in [0.1, 0.15) is 0 Å². The number of carbonyl (C=O) groups is 1. The molecule has 0 aromatic heterocycles. The molecule has 1 amide bonds. The zero-order valence-corrected chi connectivity index (χ0v) is 9.12. The average molecular weight is 196 g/mol. The third-order valence-corrected chi connectivity index (χ3v) is 3.54. The Morgan fingerprint density at radius 1 is 1.36 bits per heavy atom. The smallest absolute Gasteiger partial charge is 0.234 e. The van der Waals surface area contributed by atoms with E-state index in [1.165, 1.54) is 25.7 Å². The first kappa shape index (κ1) is 9.97. The highest BCUT2D eigenvalue weighted by Crippen LogP contribution is 2.44. The van der Waals surface area contributed by atoms with Crippen LogP contribution in [0.15, 0.2) is 0 Å². The molecule has 3 heteroatoms. The molecule has 2 rings (SSSR count). The van der Waals surface area contributed by atoms with Crippen molar-refractivity contribution in [3.8, 4) is 0 Å². The molecule has 2 bridgehead atoms. The van der Waals surface area contributed by atoms with Gasteiger partial charge in [0.05, 0.1) is 6.54 Å². The number of nitrogens with zero attached hydrogens (tertiary/aromatic N) is 1. The molecule has 14 heavy (non-hydrogen) atoms. The van der Waals surface area contributed by atoms with Gasteiger partial charge in [0.15, 0.2) is 0 Å². The van der Waals surface area contributed by atoms with Crippen molar-refractivity contribution < 1.29 is 4.79 Å². The zero-order valence-electron chi connectivity index (χ0n) is 9.12. The zero-order chi connectivity index (χ0) is 10.1. The van der Waals surface area contributed by atoms with Crippen molar-refractivity contribution in [3.05, 3.63) is 0 Å². The minimum Gasteiger partial charge on any atom is -0.352 e. The molecule has 3 atom stereocenters. The van der Waals surface area contributed by atoms with Gasteiger partial charge in [0.2, 0.25) is 5.91 Å². The third-order valence-electron chi connectivity index (χ3n) is 3.54. The Morgan fingerprint density at radius 3 is 2.64 bits per heavy atom. The van der Waals surface area contributed by atoms with E-state index in [4.69, 9.17) is 0 Å². The number of likely N-dealkylation sites (N-methyl/N-ethyl adjacent to an activating group) is 1. The molecule has 3 nitrogen and oxygen atoms in total. The molecule has 2 fully saturated rings. The summed E-state index contributed by atoms with van der Waals surface area (Å²) in [6.45, 7) is 0.522. The molecule has 80 valence electrons. The van der Waals surface area contributed by atoms with Gasteiger partial charge in [-0.1, -0.05) is 6.42 Å². The number of hydrogen-bond donors (Lipinski definition) is 1. The van der Waals surface area contributed by atoms with Crippen LogP contribution in [-0.4, -0.2) is 37.5 Å². The second-order valence-corrected chi connectivity index (χ2v) is 5.09.